The van der Waals surface area contributed by atoms with Crippen LogP contribution in [0.25, 0.3) is 0 Å². The Kier molecular flexibility index (Phi) is 5.59. The maximum atomic E-state index is 12.5. The SMILES string of the molecule is CC(NS(=O)(=O)c1cc(Br)cnc1NN)C1CCCCC1. The second-order valence-corrected chi connectivity index (χ2v) is 8.05. The topological polar surface area (TPSA) is 97.1 Å². The van der Waals surface area contributed by atoms with Crippen molar-refractivity contribution in [1.82, 2.24) is 9.71 Å². The van der Waals surface area contributed by atoms with Gasteiger partial charge in [0.05, 0.1) is 0 Å². The maximum absolute atomic E-state index is 12.5. The molecule has 0 bridgehead atoms. The zero-order valence-corrected chi connectivity index (χ0v) is 14.4. The van der Waals surface area contributed by atoms with Gasteiger partial charge >= 0.3 is 0 Å². The number of halogens is 1. The number of nitrogens with one attached hydrogen (secondary N) is 2. The van der Waals surface area contributed by atoms with E-state index in [-0.39, 0.29) is 16.8 Å². The van der Waals surface area contributed by atoms with Crippen molar-refractivity contribution in [3.05, 3.63) is 16.7 Å². The van der Waals surface area contributed by atoms with E-state index in [1.807, 2.05) is 6.92 Å². The number of rotatable bonds is 5. The fourth-order valence-electron chi connectivity index (χ4n) is 2.77. The summed E-state index contributed by atoms with van der Waals surface area (Å²) in [7, 11) is -3.66. The molecule has 0 amide bonds. The van der Waals surface area contributed by atoms with Gasteiger partial charge in [-0.25, -0.2) is 24.0 Å². The van der Waals surface area contributed by atoms with Crippen molar-refractivity contribution in [1.29, 1.82) is 0 Å². The van der Waals surface area contributed by atoms with E-state index in [0.29, 0.717) is 10.4 Å². The van der Waals surface area contributed by atoms with Crippen LogP contribution >= 0.6 is 15.9 Å². The molecule has 1 aliphatic carbocycles. The molecular formula is C13H21BrN4O2S. The van der Waals surface area contributed by atoms with Crippen molar-refractivity contribution in [3.63, 3.8) is 0 Å². The predicted molar refractivity (Wildman–Crippen MR) is 86.1 cm³/mol. The Bertz CT molecular complexity index is 588. The minimum absolute atomic E-state index is 0.0574. The molecule has 1 unspecified atom stereocenters. The monoisotopic (exact) mass is 376 g/mol. The quantitative estimate of drug-likeness (QED) is 0.541. The number of hydrogen-bond acceptors (Lipinski definition) is 5. The molecule has 1 aromatic rings. The molecule has 2 rings (SSSR count). The minimum atomic E-state index is -3.66. The lowest BCUT2D eigenvalue weighted by Crippen LogP contribution is -2.39. The first-order valence-electron chi connectivity index (χ1n) is 7.08. The second kappa shape index (κ2) is 7.04. The molecule has 1 atom stereocenters. The van der Waals surface area contributed by atoms with Gasteiger partial charge in [0.1, 0.15) is 4.90 Å². The van der Waals surface area contributed by atoms with Crippen LogP contribution in [0.1, 0.15) is 39.0 Å². The van der Waals surface area contributed by atoms with Crippen molar-refractivity contribution in [2.75, 3.05) is 5.43 Å². The summed E-state index contributed by atoms with van der Waals surface area (Å²) in [5, 5.41) is 0. The Balaban J connectivity index is 2.19. The molecule has 21 heavy (non-hydrogen) atoms. The Morgan fingerprint density at radius 2 is 2.05 bits per heavy atom. The smallest absolute Gasteiger partial charge is 0.244 e. The fraction of sp³-hybridized carbons (Fsp3) is 0.615. The summed E-state index contributed by atoms with van der Waals surface area (Å²) in [5.74, 6) is 5.88. The Morgan fingerprint density at radius 1 is 1.38 bits per heavy atom. The molecule has 0 aliphatic heterocycles. The zero-order chi connectivity index (χ0) is 15.5. The summed E-state index contributed by atoms with van der Waals surface area (Å²) in [5.41, 5.74) is 2.33. The van der Waals surface area contributed by atoms with E-state index >= 15 is 0 Å². The van der Waals surface area contributed by atoms with E-state index in [1.165, 1.54) is 31.5 Å². The fourth-order valence-corrected chi connectivity index (χ4v) is 4.71. The molecule has 1 aromatic heterocycles. The number of anilines is 1. The van der Waals surface area contributed by atoms with Crippen LogP contribution in [0.5, 0.6) is 0 Å². The third-order valence-electron chi connectivity index (χ3n) is 3.94. The highest BCUT2D eigenvalue weighted by atomic mass is 79.9. The van der Waals surface area contributed by atoms with Crippen LogP contribution in [0.2, 0.25) is 0 Å². The summed E-state index contributed by atoms with van der Waals surface area (Å²) >= 11 is 3.24. The van der Waals surface area contributed by atoms with E-state index in [4.69, 9.17) is 5.84 Å². The lowest BCUT2D eigenvalue weighted by atomic mass is 9.85. The summed E-state index contributed by atoms with van der Waals surface area (Å²) in [4.78, 5) is 4.04. The van der Waals surface area contributed by atoms with E-state index in [0.717, 1.165) is 12.8 Å². The van der Waals surface area contributed by atoms with Crippen LogP contribution in [0.3, 0.4) is 0 Å². The van der Waals surface area contributed by atoms with Crippen LogP contribution in [0.4, 0.5) is 5.82 Å². The summed E-state index contributed by atoms with van der Waals surface area (Å²) in [6, 6.07) is 1.40. The van der Waals surface area contributed by atoms with Gasteiger partial charge in [-0.15, -0.1) is 0 Å². The van der Waals surface area contributed by atoms with Crippen molar-refractivity contribution < 1.29 is 8.42 Å². The van der Waals surface area contributed by atoms with E-state index < -0.39 is 10.0 Å². The van der Waals surface area contributed by atoms with Gasteiger partial charge in [-0.05, 0) is 47.7 Å². The molecule has 0 radical (unpaired) electrons. The third-order valence-corrected chi connectivity index (χ3v) is 5.95. The average molecular weight is 377 g/mol. The molecule has 0 spiro atoms. The summed E-state index contributed by atoms with van der Waals surface area (Å²) < 4.78 is 28.4. The number of pyridine rings is 1. The molecule has 1 saturated carbocycles. The molecule has 1 aliphatic rings. The van der Waals surface area contributed by atoms with Crippen molar-refractivity contribution >= 4 is 31.8 Å². The highest BCUT2D eigenvalue weighted by Crippen LogP contribution is 2.28. The van der Waals surface area contributed by atoms with Crippen LogP contribution in [0, 0.1) is 5.92 Å². The third kappa shape index (κ3) is 4.15. The Labute approximate surface area is 134 Å². The Morgan fingerprint density at radius 3 is 2.67 bits per heavy atom. The summed E-state index contributed by atoms with van der Waals surface area (Å²) in [6.45, 7) is 1.93. The molecule has 1 fully saturated rings. The van der Waals surface area contributed by atoms with Crippen molar-refractivity contribution in [2.24, 2.45) is 11.8 Å². The zero-order valence-electron chi connectivity index (χ0n) is 12.0. The van der Waals surface area contributed by atoms with Crippen molar-refractivity contribution in [2.45, 2.75) is 50.0 Å². The lowest BCUT2D eigenvalue weighted by Gasteiger charge is -2.28. The first kappa shape index (κ1) is 16.7. The van der Waals surface area contributed by atoms with Gasteiger partial charge in [0.15, 0.2) is 5.82 Å². The number of sulfonamides is 1. The molecule has 6 nitrogen and oxygen atoms in total. The molecule has 0 aromatic carbocycles. The number of hydrazine groups is 1. The maximum Gasteiger partial charge on any atom is 0.244 e. The molecular weight excluding hydrogens is 356 g/mol. The van der Waals surface area contributed by atoms with Gasteiger partial charge in [0, 0.05) is 16.7 Å². The van der Waals surface area contributed by atoms with Gasteiger partial charge in [-0.2, -0.15) is 0 Å². The van der Waals surface area contributed by atoms with Crippen LogP contribution < -0.4 is 16.0 Å². The standard InChI is InChI=1S/C13H21BrN4O2S/c1-9(10-5-3-2-4-6-10)18-21(19,20)12-7-11(14)8-16-13(12)17-15/h7-10,18H,2-6,15H2,1H3,(H,16,17). The molecule has 1 heterocycles. The van der Waals surface area contributed by atoms with Crippen LogP contribution in [-0.4, -0.2) is 19.4 Å². The molecule has 4 N–H and O–H groups in total. The predicted octanol–water partition coefficient (Wildman–Crippen LogP) is 2.38. The first-order valence-corrected chi connectivity index (χ1v) is 9.36. The lowest BCUT2D eigenvalue weighted by molar-refractivity contribution is 0.303. The van der Waals surface area contributed by atoms with Crippen LogP contribution in [0.15, 0.2) is 21.6 Å². The normalized spacial score (nSPS) is 18.4. The highest BCUT2D eigenvalue weighted by Gasteiger charge is 2.27. The Hall–Kier alpha value is -0.700. The van der Waals surface area contributed by atoms with Crippen LogP contribution in [-0.2, 0) is 10.0 Å². The van der Waals surface area contributed by atoms with Crippen molar-refractivity contribution in [3.8, 4) is 0 Å². The number of hydrogen-bond donors (Lipinski definition) is 3. The molecule has 8 heteroatoms. The van der Waals surface area contributed by atoms with Gasteiger partial charge < -0.3 is 5.43 Å². The average Bonchev–Trinajstić information content (AvgIpc) is 2.47. The van der Waals surface area contributed by atoms with E-state index in [1.54, 1.807) is 0 Å². The molecule has 118 valence electrons. The van der Waals surface area contributed by atoms with Gasteiger partial charge in [-0.1, -0.05) is 19.3 Å². The van der Waals surface area contributed by atoms with Gasteiger partial charge in [0.2, 0.25) is 10.0 Å². The van der Waals surface area contributed by atoms with Gasteiger partial charge in [0.25, 0.3) is 0 Å². The van der Waals surface area contributed by atoms with Gasteiger partial charge in [-0.3, -0.25) is 0 Å². The largest absolute Gasteiger partial charge is 0.307 e. The minimum Gasteiger partial charge on any atom is -0.307 e. The first-order chi connectivity index (χ1) is 9.94. The van der Waals surface area contributed by atoms with E-state index in [2.05, 4.69) is 31.1 Å². The number of nitrogens with zero attached hydrogens (tertiary/aromatic N) is 1. The number of nitrogen functional groups attached to an aromatic ring is 1. The number of nitrogens with two attached hydrogens (primary N) is 1. The number of aromatic nitrogens is 1. The summed E-state index contributed by atoms with van der Waals surface area (Å²) in [6.07, 6.45) is 7.23. The van der Waals surface area contributed by atoms with E-state index in [9.17, 15) is 8.42 Å². The molecule has 0 saturated heterocycles. The highest BCUT2D eigenvalue weighted by molar-refractivity contribution is 9.10. The second-order valence-electron chi connectivity index (χ2n) is 5.45.